The number of carbonyl (C=O) groups is 1. The molecule has 0 spiro atoms. The number of aliphatic hydroxyl groups excluding tert-OH is 1. The summed E-state index contributed by atoms with van der Waals surface area (Å²) in [7, 11) is 1.00. The fourth-order valence-corrected chi connectivity index (χ4v) is 2.14. The second kappa shape index (κ2) is 10.1. The zero-order valence-electron chi connectivity index (χ0n) is 13.7. The Hall–Kier alpha value is -2.66. The zero-order valence-corrected chi connectivity index (χ0v) is 13.7. The Morgan fingerprint density at radius 1 is 1.22 bits per heavy atom. The van der Waals surface area contributed by atoms with Crippen molar-refractivity contribution >= 4 is 22.9 Å². The number of hydrogen-bond acceptors (Lipinski definition) is 4. The Morgan fingerprint density at radius 2 is 2.00 bits per heavy atom. The Kier molecular flexibility index (Phi) is 8.10. The van der Waals surface area contributed by atoms with Crippen molar-refractivity contribution in [1.82, 2.24) is 9.97 Å². The number of nitrogens with zero attached hydrogens (tertiary/aromatic N) is 1. The number of aromatic nitrogens is 2. The summed E-state index contributed by atoms with van der Waals surface area (Å²) in [4.78, 5) is 18.2. The summed E-state index contributed by atoms with van der Waals surface area (Å²) in [5.41, 5.74) is 3.64. The molecule has 0 amide bonds. The van der Waals surface area contributed by atoms with E-state index < -0.39 is 0 Å². The number of nitrogens with one attached hydrogen (secondary N) is 2. The van der Waals surface area contributed by atoms with Gasteiger partial charge >= 0.3 is 0 Å². The van der Waals surface area contributed by atoms with Crippen molar-refractivity contribution in [3.05, 3.63) is 60.0 Å². The minimum Gasteiger partial charge on any atom is -0.400 e. The van der Waals surface area contributed by atoms with Crippen molar-refractivity contribution in [3.8, 4) is 0 Å². The fraction of sp³-hybridized carbons (Fsp3) is 0.222. The maximum Gasteiger partial charge on any atom is 0.152 e. The molecular weight excluding hydrogens is 290 g/mol. The smallest absolute Gasteiger partial charge is 0.152 e. The normalized spacial score (nSPS) is 9.22. The number of rotatable bonds is 4. The molecule has 0 atom stereocenters. The van der Waals surface area contributed by atoms with E-state index >= 15 is 0 Å². The molecule has 2 heterocycles. The fourth-order valence-electron chi connectivity index (χ4n) is 2.14. The molecule has 0 bridgehead atoms. The van der Waals surface area contributed by atoms with Crippen LogP contribution in [0, 0.1) is 0 Å². The number of benzene rings is 1. The van der Waals surface area contributed by atoms with E-state index in [4.69, 9.17) is 5.11 Å². The first-order valence-electron chi connectivity index (χ1n) is 7.51. The van der Waals surface area contributed by atoms with Gasteiger partial charge in [-0.15, -0.1) is 0 Å². The highest BCUT2D eigenvalue weighted by atomic mass is 16.2. The number of pyridine rings is 1. The molecule has 23 heavy (non-hydrogen) atoms. The van der Waals surface area contributed by atoms with E-state index in [0.29, 0.717) is 12.1 Å². The Morgan fingerprint density at radius 3 is 2.74 bits per heavy atom. The third kappa shape index (κ3) is 4.66. The number of hydrogen-bond donors (Lipinski definition) is 3. The van der Waals surface area contributed by atoms with E-state index in [1.165, 1.54) is 5.39 Å². The van der Waals surface area contributed by atoms with Crippen LogP contribution in [0.2, 0.25) is 0 Å². The molecule has 0 radical (unpaired) electrons. The van der Waals surface area contributed by atoms with Crippen molar-refractivity contribution < 1.29 is 9.90 Å². The van der Waals surface area contributed by atoms with Gasteiger partial charge in [-0.1, -0.05) is 32.0 Å². The number of H-pyrrole nitrogens is 1. The van der Waals surface area contributed by atoms with Crippen LogP contribution in [0.4, 0.5) is 5.69 Å². The van der Waals surface area contributed by atoms with Crippen LogP contribution in [0.3, 0.4) is 0 Å². The maximum atomic E-state index is 10.9. The van der Waals surface area contributed by atoms with Crippen molar-refractivity contribution in [2.75, 3.05) is 12.4 Å². The summed E-state index contributed by atoms with van der Waals surface area (Å²) in [5.74, 6) is 0. The lowest BCUT2D eigenvalue weighted by Gasteiger charge is -2.09. The lowest BCUT2D eigenvalue weighted by Crippen LogP contribution is -2.03. The lowest BCUT2D eigenvalue weighted by atomic mass is 10.1. The number of aldehydes is 1. The van der Waals surface area contributed by atoms with Gasteiger partial charge in [0.1, 0.15) is 0 Å². The summed E-state index contributed by atoms with van der Waals surface area (Å²) in [6.45, 7) is 4.64. The van der Waals surface area contributed by atoms with Gasteiger partial charge in [-0.2, -0.15) is 0 Å². The van der Waals surface area contributed by atoms with Gasteiger partial charge in [0.15, 0.2) is 6.29 Å². The number of aromatic amines is 1. The molecule has 0 saturated carbocycles. The maximum absolute atomic E-state index is 10.9. The van der Waals surface area contributed by atoms with Gasteiger partial charge in [0.2, 0.25) is 0 Å². The van der Waals surface area contributed by atoms with Crippen LogP contribution in [0.15, 0.2) is 48.9 Å². The molecule has 3 aromatic rings. The average molecular weight is 313 g/mol. The summed E-state index contributed by atoms with van der Waals surface area (Å²) in [6.07, 6.45) is 6.04. The van der Waals surface area contributed by atoms with Crippen LogP contribution < -0.4 is 5.32 Å². The second-order valence-corrected chi connectivity index (χ2v) is 4.29. The van der Waals surface area contributed by atoms with E-state index in [1.54, 1.807) is 18.5 Å². The highest BCUT2D eigenvalue weighted by Gasteiger charge is 2.04. The second-order valence-electron chi connectivity index (χ2n) is 4.29. The van der Waals surface area contributed by atoms with Crippen molar-refractivity contribution in [2.24, 2.45) is 0 Å². The quantitative estimate of drug-likeness (QED) is 0.643. The molecular formula is C18H23N3O2. The highest BCUT2D eigenvalue weighted by molar-refractivity contribution is 5.85. The molecule has 0 unspecified atom stereocenters. The van der Waals surface area contributed by atoms with Crippen molar-refractivity contribution in [1.29, 1.82) is 0 Å². The number of carbonyl (C=O) groups excluding carboxylic acids is 1. The van der Waals surface area contributed by atoms with Crippen molar-refractivity contribution in [3.63, 3.8) is 0 Å². The van der Waals surface area contributed by atoms with Gasteiger partial charge in [0.25, 0.3) is 0 Å². The van der Waals surface area contributed by atoms with Crippen LogP contribution >= 0.6 is 0 Å². The largest absolute Gasteiger partial charge is 0.400 e. The van der Waals surface area contributed by atoms with Gasteiger partial charge in [0.05, 0.1) is 17.4 Å². The van der Waals surface area contributed by atoms with Gasteiger partial charge < -0.3 is 15.4 Å². The highest BCUT2D eigenvalue weighted by Crippen LogP contribution is 2.19. The average Bonchev–Trinajstić information content (AvgIpc) is 3.13. The molecule has 0 saturated heterocycles. The molecule has 2 aromatic heterocycles. The van der Waals surface area contributed by atoms with E-state index in [9.17, 15) is 4.79 Å². The minimum atomic E-state index is 0.619. The van der Waals surface area contributed by atoms with Gasteiger partial charge in [-0.3, -0.25) is 9.78 Å². The summed E-state index contributed by atoms with van der Waals surface area (Å²) < 4.78 is 0. The lowest BCUT2D eigenvalue weighted by molar-refractivity contribution is 0.112. The molecule has 5 heteroatoms. The number of para-hydroxylation sites is 1. The third-order valence-electron chi connectivity index (χ3n) is 3.12. The zero-order chi connectivity index (χ0) is 17.1. The molecule has 0 aliphatic rings. The number of fused-ring (bicyclic) bond motifs is 1. The van der Waals surface area contributed by atoms with Crippen LogP contribution in [0.1, 0.15) is 29.8 Å². The molecule has 0 aliphatic heterocycles. The minimum absolute atomic E-state index is 0.619. The van der Waals surface area contributed by atoms with E-state index in [2.05, 4.69) is 27.4 Å². The first-order chi connectivity index (χ1) is 11.4. The Labute approximate surface area is 136 Å². The third-order valence-corrected chi connectivity index (χ3v) is 3.12. The first-order valence-corrected chi connectivity index (χ1v) is 7.51. The predicted octanol–water partition coefficient (Wildman–Crippen LogP) is 3.62. The Bertz CT molecular complexity index is 723. The molecule has 0 aliphatic carbocycles. The van der Waals surface area contributed by atoms with Crippen LogP contribution in [-0.2, 0) is 6.54 Å². The summed E-state index contributed by atoms with van der Waals surface area (Å²) >= 11 is 0. The molecule has 0 fully saturated rings. The molecule has 3 rings (SSSR count). The van der Waals surface area contributed by atoms with Crippen LogP contribution in [0.25, 0.3) is 10.9 Å². The molecule has 5 nitrogen and oxygen atoms in total. The summed E-state index contributed by atoms with van der Waals surface area (Å²) in [6, 6.07) is 9.89. The molecule has 3 N–H and O–H groups in total. The van der Waals surface area contributed by atoms with Gasteiger partial charge in [-0.05, 0) is 23.1 Å². The SMILES string of the molecule is CC.CO.O=Cc1ccncc1NCc1cccc2cc[nH]c12. The van der Waals surface area contributed by atoms with Crippen LogP contribution in [0.5, 0.6) is 0 Å². The molecule has 122 valence electrons. The standard InChI is InChI=1S/C15H13N3O.C2H6.CH4O/c19-10-13-4-6-16-9-14(13)18-8-12-3-1-2-11-5-7-17-15(11)12;2*1-2/h1-7,9-10,17-18H,8H2;1-2H3;2H,1H3. The van der Waals surface area contributed by atoms with E-state index in [-0.39, 0.29) is 0 Å². The first kappa shape index (κ1) is 18.4. The van der Waals surface area contributed by atoms with E-state index in [1.807, 2.05) is 32.2 Å². The number of aliphatic hydroxyl groups is 1. The van der Waals surface area contributed by atoms with Crippen LogP contribution in [-0.4, -0.2) is 28.5 Å². The monoisotopic (exact) mass is 313 g/mol. The van der Waals surface area contributed by atoms with E-state index in [0.717, 1.165) is 30.2 Å². The van der Waals surface area contributed by atoms with Gasteiger partial charge in [-0.25, -0.2) is 0 Å². The molecule has 1 aromatic carbocycles. The Balaban J connectivity index is 0.000000615. The summed E-state index contributed by atoms with van der Waals surface area (Å²) in [5, 5.41) is 11.4. The topological polar surface area (TPSA) is 78.0 Å². The predicted molar refractivity (Wildman–Crippen MR) is 94.7 cm³/mol. The van der Waals surface area contributed by atoms with Crippen molar-refractivity contribution in [2.45, 2.75) is 20.4 Å². The number of anilines is 1. The van der Waals surface area contributed by atoms with Gasteiger partial charge in [0, 0.05) is 31.6 Å².